The van der Waals surface area contributed by atoms with Crippen molar-refractivity contribution in [1.82, 2.24) is 0 Å². The molecule has 1 atom stereocenters. The van der Waals surface area contributed by atoms with Crippen LogP contribution in [-0.2, 0) is 4.74 Å². The molecule has 3 nitrogen and oxygen atoms in total. The first kappa shape index (κ1) is 18.8. The first-order valence-corrected chi connectivity index (χ1v) is 9.95. The number of aliphatic hydroxyl groups excluding tert-OH is 1. The lowest BCUT2D eigenvalue weighted by Gasteiger charge is -2.12. The van der Waals surface area contributed by atoms with Gasteiger partial charge in [-0.25, -0.2) is 0 Å². The maximum absolute atomic E-state index is 9.22. The maximum Gasteiger partial charge on any atom is 0.127 e. The van der Waals surface area contributed by atoms with Gasteiger partial charge in [-0.2, -0.15) is 0 Å². The molecule has 0 radical (unpaired) electrons. The second kappa shape index (κ2) is 10.2. The zero-order valence-electron chi connectivity index (χ0n) is 15.5. The van der Waals surface area contributed by atoms with E-state index >= 15 is 0 Å². The lowest BCUT2D eigenvalue weighted by Crippen LogP contribution is -1.99. The molecule has 1 unspecified atom stereocenters. The molecule has 26 heavy (non-hydrogen) atoms. The number of aliphatic hydroxyl groups is 1. The zero-order valence-corrected chi connectivity index (χ0v) is 15.5. The van der Waals surface area contributed by atoms with Gasteiger partial charge in [-0.3, -0.25) is 0 Å². The van der Waals surface area contributed by atoms with Gasteiger partial charge in [0, 0.05) is 5.56 Å². The normalized spacial score (nSPS) is 16.4. The Bertz CT molecular complexity index is 704. The van der Waals surface area contributed by atoms with Gasteiger partial charge < -0.3 is 14.6 Å². The van der Waals surface area contributed by atoms with E-state index in [0.717, 1.165) is 48.0 Å². The minimum atomic E-state index is 0.591. The van der Waals surface area contributed by atoms with Crippen LogP contribution in [0.2, 0.25) is 0 Å². The number of rotatable bonds is 12. The Morgan fingerprint density at radius 1 is 0.962 bits per heavy atom. The Morgan fingerprint density at radius 3 is 2.46 bits per heavy atom. The van der Waals surface area contributed by atoms with Gasteiger partial charge in [0.05, 0.1) is 25.6 Å². The van der Waals surface area contributed by atoms with Gasteiger partial charge in [0.2, 0.25) is 0 Å². The van der Waals surface area contributed by atoms with Gasteiger partial charge in [0.25, 0.3) is 0 Å². The zero-order chi connectivity index (χ0) is 18.0. The van der Waals surface area contributed by atoms with Crippen molar-refractivity contribution in [3.8, 4) is 5.75 Å². The van der Waals surface area contributed by atoms with E-state index in [1.165, 1.54) is 44.9 Å². The summed E-state index contributed by atoms with van der Waals surface area (Å²) >= 11 is 0. The van der Waals surface area contributed by atoms with Crippen LogP contribution in [0.1, 0.15) is 56.9 Å². The molecule has 1 N–H and O–H groups in total. The van der Waals surface area contributed by atoms with Crippen LogP contribution in [0.15, 0.2) is 42.7 Å². The van der Waals surface area contributed by atoms with Gasteiger partial charge >= 0.3 is 0 Å². The summed E-state index contributed by atoms with van der Waals surface area (Å²) < 4.78 is 11.2. The molecule has 2 aromatic rings. The Morgan fingerprint density at radius 2 is 1.69 bits per heavy atom. The van der Waals surface area contributed by atoms with Crippen LogP contribution >= 0.6 is 0 Å². The number of hydrogen-bond acceptors (Lipinski definition) is 3. The average Bonchev–Trinajstić information content (AvgIpc) is 3.49. The van der Waals surface area contributed by atoms with Gasteiger partial charge in [-0.15, -0.1) is 0 Å². The SMILES string of the molecule is O/C=C/c1c(OCCCCCCCCCC2CO2)ccc2ccccc12. The molecule has 0 spiro atoms. The highest BCUT2D eigenvalue weighted by Gasteiger charge is 2.20. The predicted molar refractivity (Wildman–Crippen MR) is 108 cm³/mol. The summed E-state index contributed by atoms with van der Waals surface area (Å²) in [6.07, 6.45) is 13.5. The molecule has 0 aromatic heterocycles. The monoisotopic (exact) mass is 354 g/mol. The third kappa shape index (κ3) is 5.77. The third-order valence-corrected chi connectivity index (χ3v) is 5.00. The van der Waals surface area contributed by atoms with Crippen molar-refractivity contribution < 1.29 is 14.6 Å². The molecular formula is C23H30O3. The largest absolute Gasteiger partial charge is 0.516 e. The van der Waals surface area contributed by atoms with Crippen LogP contribution in [0.25, 0.3) is 16.8 Å². The summed E-state index contributed by atoms with van der Waals surface area (Å²) in [5.74, 6) is 0.844. The number of hydrogen-bond donors (Lipinski definition) is 1. The summed E-state index contributed by atoms with van der Waals surface area (Å²) in [7, 11) is 0. The Kier molecular flexibility index (Phi) is 7.38. The standard InChI is InChI=1S/C23H30O3/c24-16-15-22-21-12-8-7-10-19(21)13-14-23(22)25-17-9-5-3-1-2-4-6-11-20-18-26-20/h7-8,10,12-16,20,24H,1-6,9,11,17-18H2/b16-15+. The van der Waals surface area contributed by atoms with Crippen molar-refractivity contribution in [1.29, 1.82) is 0 Å². The molecule has 3 rings (SSSR count). The van der Waals surface area contributed by atoms with E-state index in [9.17, 15) is 5.11 Å². The number of epoxide rings is 1. The summed E-state index contributed by atoms with van der Waals surface area (Å²) in [5.41, 5.74) is 0.949. The third-order valence-electron chi connectivity index (χ3n) is 5.00. The number of fused-ring (bicyclic) bond motifs is 1. The summed E-state index contributed by atoms with van der Waals surface area (Å²) in [6.45, 7) is 1.72. The minimum absolute atomic E-state index is 0.591. The van der Waals surface area contributed by atoms with Gasteiger partial charge in [-0.05, 0) is 35.8 Å². The molecule has 1 aliphatic heterocycles. The number of unbranched alkanes of at least 4 members (excludes halogenated alkanes) is 6. The van der Waals surface area contributed by atoms with E-state index < -0.39 is 0 Å². The molecule has 1 heterocycles. The van der Waals surface area contributed by atoms with Crippen LogP contribution in [0.5, 0.6) is 5.75 Å². The van der Waals surface area contributed by atoms with Crippen molar-refractivity contribution in [2.24, 2.45) is 0 Å². The highest BCUT2D eigenvalue weighted by Crippen LogP contribution is 2.29. The molecule has 0 aliphatic carbocycles. The lowest BCUT2D eigenvalue weighted by atomic mass is 10.0. The van der Waals surface area contributed by atoms with Gasteiger partial charge in [-0.1, -0.05) is 68.9 Å². The average molecular weight is 354 g/mol. The van der Waals surface area contributed by atoms with Crippen molar-refractivity contribution in [3.05, 3.63) is 48.2 Å². The van der Waals surface area contributed by atoms with Crippen LogP contribution < -0.4 is 4.74 Å². The molecule has 1 fully saturated rings. The fourth-order valence-electron chi connectivity index (χ4n) is 3.42. The summed E-state index contributed by atoms with van der Waals surface area (Å²) in [4.78, 5) is 0. The molecule has 1 saturated heterocycles. The highest BCUT2D eigenvalue weighted by atomic mass is 16.6. The molecule has 0 amide bonds. The van der Waals surface area contributed by atoms with E-state index in [2.05, 4.69) is 18.2 Å². The summed E-state index contributed by atoms with van der Waals surface area (Å²) in [5, 5.41) is 11.5. The molecule has 0 saturated carbocycles. The first-order chi connectivity index (χ1) is 12.9. The van der Waals surface area contributed by atoms with Crippen LogP contribution in [-0.4, -0.2) is 24.4 Å². The van der Waals surface area contributed by atoms with Crippen LogP contribution in [0, 0.1) is 0 Å². The topological polar surface area (TPSA) is 42.0 Å². The Labute approximate surface area is 156 Å². The van der Waals surface area contributed by atoms with E-state index in [1.807, 2.05) is 18.2 Å². The smallest absolute Gasteiger partial charge is 0.127 e. The van der Waals surface area contributed by atoms with E-state index in [1.54, 1.807) is 6.08 Å². The fourth-order valence-corrected chi connectivity index (χ4v) is 3.42. The van der Waals surface area contributed by atoms with Crippen molar-refractivity contribution in [2.45, 2.75) is 57.5 Å². The highest BCUT2D eigenvalue weighted by molar-refractivity contribution is 5.93. The van der Waals surface area contributed by atoms with Crippen LogP contribution in [0.3, 0.4) is 0 Å². The van der Waals surface area contributed by atoms with Crippen molar-refractivity contribution in [3.63, 3.8) is 0 Å². The second-order valence-electron chi connectivity index (χ2n) is 7.08. The van der Waals surface area contributed by atoms with Gasteiger partial charge in [0.1, 0.15) is 5.75 Å². The fraction of sp³-hybridized carbons (Fsp3) is 0.478. The quantitative estimate of drug-likeness (QED) is 0.277. The van der Waals surface area contributed by atoms with Crippen LogP contribution in [0.4, 0.5) is 0 Å². The number of ether oxygens (including phenoxy) is 2. The molecular weight excluding hydrogens is 324 g/mol. The van der Waals surface area contributed by atoms with E-state index in [0.29, 0.717) is 6.10 Å². The Hall–Kier alpha value is -2.00. The second-order valence-corrected chi connectivity index (χ2v) is 7.08. The molecule has 3 heteroatoms. The van der Waals surface area contributed by atoms with Gasteiger partial charge in [0.15, 0.2) is 0 Å². The molecule has 140 valence electrons. The summed E-state index contributed by atoms with van der Waals surface area (Å²) in [6, 6.07) is 12.2. The molecule has 1 aliphatic rings. The number of benzene rings is 2. The first-order valence-electron chi connectivity index (χ1n) is 9.95. The van der Waals surface area contributed by atoms with Crippen molar-refractivity contribution >= 4 is 16.8 Å². The van der Waals surface area contributed by atoms with Crippen molar-refractivity contribution in [2.75, 3.05) is 13.2 Å². The molecule has 0 bridgehead atoms. The predicted octanol–water partition coefficient (Wildman–Crippen LogP) is 6.27. The van der Waals surface area contributed by atoms with E-state index in [4.69, 9.17) is 9.47 Å². The Balaban J connectivity index is 1.35. The maximum atomic E-state index is 9.22. The minimum Gasteiger partial charge on any atom is -0.516 e. The molecule has 2 aromatic carbocycles. The van der Waals surface area contributed by atoms with E-state index in [-0.39, 0.29) is 0 Å². The lowest BCUT2D eigenvalue weighted by molar-refractivity contribution is 0.304.